The highest BCUT2D eigenvalue weighted by atomic mass is 127. The van der Waals surface area contributed by atoms with Crippen molar-refractivity contribution >= 4 is 34.4 Å². The van der Waals surface area contributed by atoms with Gasteiger partial charge in [0, 0.05) is 15.7 Å². The van der Waals surface area contributed by atoms with Crippen LogP contribution in [0.2, 0.25) is 0 Å². The second-order valence-corrected chi connectivity index (χ2v) is 4.46. The van der Waals surface area contributed by atoms with Gasteiger partial charge in [-0.3, -0.25) is 0 Å². The monoisotopic (exact) mass is 331 g/mol. The van der Waals surface area contributed by atoms with Crippen molar-refractivity contribution < 1.29 is 4.74 Å². The molecule has 0 saturated heterocycles. The predicted molar refractivity (Wildman–Crippen MR) is 79.2 cm³/mol. The number of nitrogens with two attached hydrogens (primary N) is 1. The maximum Gasteiger partial charge on any atom is 0.131 e. The van der Waals surface area contributed by atoms with E-state index in [0.29, 0.717) is 6.61 Å². The van der Waals surface area contributed by atoms with Crippen LogP contribution >= 0.6 is 22.6 Å². The van der Waals surface area contributed by atoms with Crippen molar-refractivity contribution in [1.29, 1.82) is 0 Å². The van der Waals surface area contributed by atoms with Crippen molar-refractivity contribution in [2.75, 3.05) is 12.3 Å². The minimum absolute atomic E-state index is 0.713. The van der Waals surface area contributed by atoms with Crippen molar-refractivity contribution in [2.45, 2.75) is 24.7 Å². The van der Waals surface area contributed by atoms with Crippen LogP contribution in [0.25, 0.3) is 6.08 Å². The van der Waals surface area contributed by atoms with Crippen molar-refractivity contribution in [3.05, 3.63) is 29.3 Å². The maximum atomic E-state index is 6.09. The van der Waals surface area contributed by atoms with Crippen LogP contribution in [0.3, 0.4) is 0 Å². The molecule has 16 heavy (non-hydrogen) atoms. The molecule has 3 heteroatoms. The second kappa shape index (κ2) is 6.13. The average molecular weight is 331 g/mol. The Labute approximate surface area is 111 Å². The average Bonchev–Trinajstić information content (AvgIpc) is 2.29. The Morgan fingerprint density at radius 2 is 2.25 bits per heavy atom. The van der Waals surface area contributed by atoms with Gasteiger partial charge in [-0.15, -0.1) is 0 Å². The summed E-state index contributed by atoms with van der Waals surface area (Å²) in [6.07, 6.45) is 2.77. The first kappa shape index (κ1) is 13.4. The molecule has 0 atom stereocenters. The summed E-state index contributed by atoms with van der Waals surface area (Å²) < 4.78 is 6.64. The van der Waals surface area contributed by atoms with Crippen LogP contribution in [-0.4, -0.2) is 6.61 Å². The molecule has 0 amide bonds. The second-order valence-electron chi connectivity index (χ2n) is 3.70. The molecule has 0 aliphatic heterocycles. The standard InChI is InChI=1S/C13H18INO/c1-4-6-16-13-9(3)7-10(8-14)12(15)11(13)5-2/h5,7H,2,4,6,8,15H2,1,3H3. The topological polar surface area (TPSA) is 35.2 Å². The smallest absolute Gasteiger partial charge is 0.131 e. The molecule has 0 radical (unpaired) electrons. The number of halogens is 1. The number of alkyl halides is 1. The van der Waals surface area contributed by atoms with E-state index in [1.165, 1.54) is 0 Å². The third-order valence-corrected chi connectivity index (χ3v) is 3.25. The Bertz CT molecular complexity index is 388. The van der Waals surface area contributed by atoms with E-state index in [2.05, 4.69) is 42.2 Å². The van der Waals surface area contributed by atoms with E-state index in [9.17, 15) is 0 Å². The fourth-order valence-corrected chi connectivity index (χ4v) is 2.25. The lowest BCUT2D eigenvalue weighted by Gasteiger charge is -2.16. The molecule has 0 aliphatic rings. The minimum atomic E-state index is 0.713. The predicted octanol–water partition coefficient (Wildman–Crippen LogP) is 3.94. The van der Waals surface area contributed by atoms with Crippen LogP contribution in [0.4, 0.5) is 5.69 Å². The van der Waals surface area contributed by atoms with Gasteiger partial charge in [0.1, 0.15) is 5.75 Å². The SMILES string of the molecule is C=Cc1c(N)c(CI)cc(C)c1OCCC. The lowest BCUT2D eigenvalue weighted by Crippen LogP contribution is -2.04. The number of nitrogen functional groups attached to an aromatic ring is 1. The molecule has 0 unspecified atom stereocenters. The Morgan fingerprint density at radius 3 is 2.75 bits per heavy atom. The van der Waals surface area contributed by atoms with Crippen molar-refractivity contribution in [1.82, 2.24) is 0 Å². The van der Waals surface area contributed by atoms with Gasteiger partial charge < -0.3 is 10.5 Å². The summed E-state index contributed by atoms with van der Waals surface area (Å²) in [6, 6.07) is 2.10. The number of aryl methyl sites for hydroxylation is 1. The molecule has 2 nitrogen and oxygen atoms in total. The molecule has 0 heterocycles. The largest absolute Gasteiger partial charge is 0.493 e. The van der Waals surface area contributed by atoms with Gasteiger partial charge in [-0.1, -0.05) is 42.2 Å². The molecular formula is C13H18INO. The molecular weight excluding hydrogens is 313 g/mol. The summed E-state index contributed by atoms with van der Waals surface area (Å²) in [7, 11) is 0. The van der Waals surface area contributed by atoms with Crippen LogP contribution in [0, 0.1) is 6.92 Å². The lowest BCUT2D eigenvalue weighted by molar-refractivity contribution is 0.315. The molecule has 0 spiro atoms. The first-order valence-corrected chi connectivity index (χ1v) is 6.91. The fourth-order valence-electron chi connectivity index (χ4n) is 1.62. The highest BCUT2D eigenvalue weighted by Gasteiger charge is 2.12. The first-order chi connectivity index (χ1) is 7.65. The van der Waals surface area contributed by atoms with Crippen LogP contribution in [0.15, 0.2) is 12.6 Å². The highest BCUT2D eigenvalue weighted by Crippen LogP contribution is 2.34. The summed E-state index contributed by atoms with van der Waals surface area (Å²) in [5.41, 5.74) is 10.1. The van der Waals surface area contributed by atoms with Gasteiger partial charge >= 0.3 is 0 Å². The number of rotatable bonds is 5. The fraction of sp³-hybridized carbons (Fsp3) is 0.385. The Balaban J connectivity index is 3.25. The van der Waals surface area contributed by atoms with Gasteiger partial charge in [0.05, 0.1) is 6.61 Å². The number of hydrogen-bond acceptors (Lipinski definition) is 2. The van der Waals surface area contributed by atoms with E-state index in [1.807, 2.05) is 6.92 Å². The molecule has 88 valence electrons. The zero-order chi connectivity index (χ0) is 12.1. The van der Waals surface area contributed by atoms with Gasteiger partial charge in [0.25, 0.3) is 0 Å². The normalized spacial score (nSPS) is 10.2. The number of ether oxygens (including phenoxy) is 1. The van der Waals surface area contributed by atoms with E-state index in [-0.39, 0.29) is 0 Å². The number of anilines is 1. The molecule has 1 aromatic carbocycles. The van der Waals surface area contributed by atoms with E-state index in [0.717, 1.165) is 39.0 Å². The van der Waals surface area contributed by atoms with Crippen molar-refractivity contribution in [3.8, 4) is 5.75 Å². The van der Waals surface area contributed by atoms with Crippen molar-refractivity contribution in [2.24, 2.45) is 0 Å². The van der Waals surface area contributed by atoms with Gasteiger partial charge in [0.2, 0.25) is 0 Å². The van der Waals surface area contributed by atoms with Crippen LogP contribution < -0.4 is 10.5 Å². The summed E-state index contributed by atoms with van der Waals surface area (Å²) in [5.74, 6) is 0.878. The maximum absolute atomic E-state index is 6.09. The van der Waals surface area contributed by atoms with Gasteiger partial charge in [0.15, 0.2) is 0 Å². The molecule has 0 saturated carbocycles. The summed E-state index contributed by atoms with van der Waals surface area (Å²) in [4.78, 5) is 0. The van der Waals surface area contributed by atoms with Crippen LogP contribution in [0.5, 0.6) is 5.75 Å². The Hall–Kier alpha value is -0.710. The molecule has 1 rings (SSSR count). The molecule has 0 aromatic heterocycles. The Kier molecular flexibility index (Phi) is 5.12. The van der Waals surface area contributed by atoms with Crippen molar-refractivity contribution in [3.63, 3.8) is 0 Å². The van der Waals surface area contributed by atoms with E-state index < -0.39 is 0 Å². The van der Waals surface area contributed by atoms with Gasteiger partial charge in [-0.25, -0.2) is 0 Å². The zero-order valence-corrected chi connectivity index (χ0v) is 12.0. The Morgan fingerprint density at radius 1 is 1.56 bits per heavy atom. The molecule has 0 aliphatic carbocycles. The molecule has 0 fully saturated rings. The third kappa shape index (κ3) is 2.70. The van der Waals surface area contributed by atoms with Crippen LogP contribution in [0.1, 0.15) is 30.0 Å². The van der Waals surface area contributed by atoms with E-state index in [4.69, 9.17) is 10.5 Å². The summed E-state index contributed by atoms with van der Waals surface area (Å²) >= 11 is 2.31. The highest BCUT2D eigenvalue weighted by molar-refractivity contribution is 14.1. The summed E-state index contributed by atoms with van der Waals surface area (Å²) in [5, 5.41) is 0. The first-order valence-electron chi connectivity index (χ1n) is 5.38. The molecule has 2 N–H and O–H groups in total. The third-order valence-electron chi connectivity index (χ3n) is 2.43. The van der Waals surface area contributed by atoms with Crippen LogP contribution in [-0.2, 0) is 4.43 Å². The van der Waals surface area contributed by atoms with Gasteiger partial charge in [-0.2, -0.15) is 0 Å². The lowest BCUT2D eigenvalue weighted by atomic mass is 10.0. The van der Waals surface area contributed by atoms with Gasteiger partial charge in [-0.05, 0) is 30.5 Å². The molecule has 0 bridgehead atoms. The minimum Gasteiger partial charge on any atom is -0.493 e. The molecule has 1 aromatic rings. The van der Waals surface area contributed by atoms with E-state index >= 15 is 0 Å². The zero-order valence-electron chi connectivity index (χ0n) is 9.85. The summed E-state index contributed by atoms with van der Waals surface area (Å²) in [6.45, 7) is 8.67. The van der Waals surface area contributed by atoms with E-state index in [1.54, 1.807) is 6.08 Å². The quantitative estimate of drug-likeness (QED) is 0.504. The number of benzene rings is 1. The number of hydrogen-bond donors (Lipinski definition) is 1.